The Balaban J connectivity index is 2.25. The molecule has 1 fully saturated rings. The minimum atomic E-state index is -3.94. The summed E-state index contributed by atoms with van der Waals surface area (Å²) < 4.78 is 31.7. The van der Waals surface area contributed by atoms with Gasteiger partial charge in [0.1, 0.15) is 17.1 Å². The summed E-state index contributed by atoms with van der Waals surface area (Å²) in [7, 11) is -2.80. The molecule has 0 saturated heterocycles. The number of carbonyl (C=O) groups is 2. The monoisotopic (exact) mass is 302 g/mol. The Morgan fingerprint density at radius 1 is 1.50 bits per heavy atom. The minimum Gasteiger partial charge on any atom is -0.477 e. The van der Waals surface area contributed by atoms with Crippen LogP contribution in [0.2, 0.25) is 0 Å². The smallest absolute Gasteiger partial charge is 0.352 e. The van der Waals surface area contributed by atoms with Crippen molar-refractivity contribution in [2.75, 3.05) is 13.7 Å². The Bertz CT molecular complexity index is 644. The first-order valence-electron chi connectivity index (χ1n) is 5.87. The second-order valence-corrected chi connectivity index (χ2v) is 6.17. The summed E-state index contributed by atoms with van der Waals surface area (Å²) in [6, 6.07) is 1.12. The predicted molar refractivity (Wildman–Crippen MR) is 66.9 cm³/mol. The summed E-state index contributed by atoms with van der Waals surface area (Å²) in [6.45, 7) is -0.504. The van der Waals surface area contributed by atoms with Crippen LogP contribution in [0, 0.1) is 0 Å². The molecule has 1 aliphatic carbocycles. The van der Waals surface area contributed by atoms with Crippen LogP contribution < -0.4 is 4.72 Å². The first-order chi connectivity index (χ1) is 9.35. The Hall–Kier alpha value is -1.87. The molecule has 0 radical (unpaired) electrons. The number of carboxylic acid groups (broad SMARTS) is 1. The molecule has 1 aromatic heterocycles. The average molecular weight is 302 g/mol. The number of rotatable bonds is 6. The Morgan fingerprint density at radius 2 is 2.15 bits per heavy atom. The number of carbonyl (C=O) groups excluding carboxylic acids is 1. The SMILES string of the molecule is COC(=O)CNS(=O)(=O)c1cc(C(=O)O)n(C2CC2)c1. The van der Waals surface area contributed by atoms with Crippen LogP contribution in [0.15, 0.2) is 17.2 Å². The molecule has 0 aliphatic heterocycles. The van der Waals surface area contributed by atoms with E-state index in [1.807, 2.05) is 0 Å². The Labute approximate surface area is 115 Å². The maximum Gasteiger partial charge on any atom is 0.352 e. The molecule has 1 heterocycles. The number of esters is 1. The lowest BCUT2D eigenvalue weighted by Crippen LogP contribution is -2.30. The van der Waals surface area contributed by atoms with Crippen molar-refractivity contribution in [2.45, 2.75) is 23.8 Å². The molecule has 1 aliphatic rings. The zero-order valence-electron chi connectivity index (χ0n) is 10.7. The summed E-state index contributed by atoms with van der Waals surface area (Å²) in [6.07, 6.45) is 2.93. The van der Waals surface area contributed by atoms with Crippen molar-refractivity contribution >= 4 is 22.0 Å². The number of hydrogen-bond acceptors (Lipinski definition) is 5. The van der Waals surface area contributed by atoms with Crippen molar-refractivity contribution in [3.63, 3.8) is 0 Å². The molecule has 1 aromatic rings. The molecular formula is C11H14N2O6S. The van der Waals surface area contributed by atoms with Crippen molar-refractivity contribution < 1.29 is 27.9 Å². The van der Waals surface area contributed by atoms with Gasteiger partial charge in [0.15, 0.2) is 0 Å². The molecule has 0 aromatic carbocycles. The third-order valence-electron chi connectivity index (χ3n) is 2.93. The highest BCUT2D eigenvalue weighted by Crippen LogP contribution is 2.37. The van der Waals surface area contributed by atoms with E-state index in [1.54, 1.807) is 0 Å². The normalized spacial score (nSPS) is 15.1. The van der Waals surface area contributed by atoms with Gasteiger partial charge in [-0.05, 0) is 18.9 Å². The zero-order chi connectivity index (χ0) is 14.9. The fourth-order valence-electron chi connectivity index (χ4n) is 1.74. The van der Waals surface area contributed by atoms with Crippen LogP contribution in [0.1, 0.15) is 29.4 Å². The number of carboxylic acids is 1. The molecule has 0 amide bonds. The number of hydrogen-bond donors (Lipinski definition) is 2. The lowest BCUT2D eigenvalue weighted by Gasteiger charge is -2.03. The van der Waals surface area contributed by atoms with Gasteiger partial charge in [-0.2, -0.15) is 4.72 Å². The summed E-state index contributed by atoms with van der Waals surface area (Å²) in [5.41, 5.74) is -0.0778. The molecule has 2 N–H and O–H groups in total. The van der Waals surface area contributed by atoms with Gasteiger partial charge in [-0.15, -0.1) is 0 Å². The molecule has 1 saturated carbocycles. The summed E-state index contributed by atoms with van der Waals surface area (Å²) >= 11 is 0. The van der Waals surface area contributed by atoms with Crippen LogP contribution in [-0.4, -0.2) is 43.7 Å². The average Bonchev–Trinajstić information content (AvgIpc) is 3.13. The lowest BCUT2D eigenvalue weighted by atomic mass is 10.4. The largest absolute Gasteiger partial charge is 0.477 e. The van der Waals surface area contributed by atoms with Gasteiger partial charge in [0.2, 0.25) is 10.0 Å². The van der Waals surface area contributed by atoms with Crippen molar-refractivity contribution in [1.29, 1.82) is 0 Å². The van der Waals surface area contributed by atoms with Crippen molar-refractivity contribution in [2.24, 2.45) is 0 Å². The van der Waals surface area contributed by atoms with Gasteiger partial charge in [-0.3, -0.25) is 4.79 Å². The number of nitrogens with zero attached hydrogens (tertiary/aromatic N) is 1. The molecule has 0 unspecified atom stereocenters. The minimum absolute atomic E-state index is 0.0330. The highest BCUT2D eigenvalue weighted by atomic mass is 32.2. The Morgan fingerprint density at radius 3 is 2.65 bits per heavy atom. The molecule has 20 heavy (non-hydrogen) atoms. The number of aromatic nitrogens is 1. The van der Waals surface area contributed by atoms with E-state index in [1.165, 1.54) is 10.8 Å². The third-order valence-corrected chi connectivity index (χ3v) is 4.30. The van der Waals surface area contributed by atoms with E-state index in [9.17, 15) is 18.0 Å². The van der Waals surface area contributed by atoms with Gasteiger partial charge in [0.05, 0.1) is 7.11 Å². The highest BCUT2D eigenvalue weighted by Gasteiger charge is 2.30. The van der Waals surface area contributed by atoms with Crippen LogP contribution in [-0.2, 0) is 19.6 Å². The molecule has 0 spiro atoms. The van der Waals surface area contributed by atoms with E-state index in [0.29, 0.717) is 0 Å². The predicted octanol–water partition coefficient (Wildman–Crippen LogP) is -0.0275. The number of nitrogens with one attached hydrogen (secondary N) is 1. The summed E-state index contributed by atoms with van der Waals surface area (Å²) in [5, 5.41) is 9.07. The molecule has 0 bridgehead atoms. The van der Waals surface area contributed by atoms with E-state index in [4.69, 9.17) is 5.11 Å². The second kappa shape index (κ2) is 5.25. The molecular weight excluding hydrogens is 288 g/mol. The maximum atomic E-state index is 12.0. The van der Waals surface area contributed by atoms with Crippen molar-refractivity contribution in [3.05, 3.63) is 18.0 Å². The van der Waals surface area contributed by atoms with Gasteiger partial charge < -0.3 is 14.4 Å². The van der Waals surface area contributed by atoms with Gasteiger partial charge in [-0.1, -0.05) is 0 Å². The van der Waals surface area contributed by atoms with E-state index in [-0.39, 0.29) is 16.6 Å². The van der Waals surface area contributed by atoms with Crippen molar-refractivity contribution in [3.8, 4) is 0 Å². The third kappa shape index (κ3) is 2.99. The first-order valence-corrected chi connectivity index (χ1v) is 7.35. The fourth-order valence-corrected chi connectivity index (χ4v) is 2.73. The first kappa shape index (κ1) is 14.5. The van der Waals surface area contributed by atoms with E-state index < -0.39 is 28.5 Å². The molecule has 2 rings (SSSR count). The van der Waals surface area contributed by atoms with Gasteiger partial charge >= 0.3 is 11.9 Å². The number of aromatic carboxylic acids is 1. The lowest BCUT2D eigenvalue weighted by molar-refractivity contribution is -0.139. The van der Waals surface area contributed by atoms with E-state index in [2.05, 4.69) is 9.46 Å². The van der Waals surface area contributed by atoms with Crippen LogP contribution in [0.4, 0.5) is 0 Å². The molecule has 110 valence electrons. The zero-order valence-corrected chi connectivity index (χ0v) is 11.5. The quantitative estimate of drug-likeness (QED) is 0.713. The Kier molecular flexibility index (Phi) is 3.82. The standard InChI is InChI=1S/C11H14N2O6S/c1-19-10(14)5-12-20(17,18)8-4-9(11(15)16)13(6-8)7-2-3-7/h4,6-7,12H,2-3,5H2,1H3,(H,15,16). The van der Waals surface area contributed by atoms with Gasteiger partial charge in [0.25, 0.3) is 0 Å². The van der Waals surface area contributed by atoms with Crippen LogP contribution in [0.5, 0.6) is 0 Å². The summed E-state index contributed by atoms with van der Waals surface area (Å²) in [4.78, 5) is 21.9. The molecule has 0 atom stereocenters. The number of ether oxygens (including phenoxy) is 1. The molecule has 9 heteroatoms. The van der Waals surface area contributed by atoms with E-state index >= 15 is 0 Å². The van der Waals surface area contributed by atoms with Crippen LogP contribution in [0.3, 0.4) is 0 Å². The van der Waals surface area contributed by atoms with Gasteiger partial charge in [-0.25, -0.2) is 13.2 Å². The van der Waals surface area contributed by atoms with Gasteiger partial charge in [0, 0.05) is 12.2 Å². The maximum absolute atomic E-state index is 12.0. The highest BCUT2D eigenvalue weighted by molar-refractivity contribution is 7.89. The summed E-state index contributed by atoms with van der Waals surface area (Å²) in [5.74, 6) is -1.92. The fraction of sp³-hybridized carbons (Fsp3) is 0.455. The molecule has 8 nitrogen and oxygen atoms in total. The number of sulfonamides is 1. The van der Waals surface area contributed by atoms with E-state index in [0.717, 1.165) is 26.0 Å². The van der Waals surface area contributed by atoms with Crippen LogP contribution in [0.25, 0.3) is 0 Å². The number of methoxy groups -OCH3 is 1. The topological polar surface area (TPSA) is 115 Å². The second-order valence-electron chi connectivity index (χ2n) is 4.41. The van der Waals surface area contributed by atoms with Crippen LogP contribution >= 0.6 is 0 Å². The van der Waals surface area contributed by atoms with Crippen molar-refractivity contribution in [1.82, 2.24) is 9.29 Å².